The van der Waals surface area contributed by atoms with Gasteiger partial charge in [-0.05, 0) is 24.4 Å². The average Bonchev–Trinajstić information content (AvgIpc) is 2.69. The van der Waals surface area contributed by atoms with Gasteiger partial charge in [0.15, 0.2) is 0 Å². The molecule has 1 amide bonds. The predicted molar refractivity (Wildman–Crippen MR) is 51.1 cm³/mol. The normalized spacial score (nSPS) is 22.4. The highest BCUT2D eigenvalue weighted by atomic mass is 32.1. The number of rotatable bonds is 1. The second kappa shape index (κ2) is 4.02. The van der Waals surface area contributed by atoms with E-state index in [-0.39, 0.29) is 12.0 Å². The minimum atomic E-state index is -0.381. The third-order valence-electron chi connectivity index (χ3n) is 2.26. The summed E-state index contributed by atoms with van der Waals surface area (Å²) in [5.74, 6) is -0.0706. The van der Waals surface area contributed by atoms with Crippen molar-refractivity contribution in [3.05, 3.63) is 11.1 Å². The fourth-order valence-corrected chi connectivity index (χ4v) is 2.04. The Labute approximate surface area is 85.5 Å². The maximum absolute atomic E-state index is 11.8. The Morgan fingerprint density at radius 2 is 2.57 bits per heavy atom. The van der Waals surface area contributed by atoms with Gasteiger partial charge in [-0.1, -0.05) is 4.49 Å². The van der Waals surface area contributed by atoms with Gasteiger partial charge in [0.05, 0.1) is 12.3 Å². The lowest BCUT2D eigenvalue weighted by atomic mass is 10.1. The Morgan fingerprint density at radius 1 is 1.71 bits per heavy atom. The van der Waals surface area contributed by atoms with Crippen molar-refractivity contribution < 1.29 is 9.90 Å². The molecule has 76 valence electrons. The number of nitrogens with zero attached hydrogens (tertiary/aromatic N) is 3. The van der Waals surface area contributed by atoms with Crippen LogP contribution in [0.15, 0.2) is 6.20 Å². The molecule has 2 rings (SSSR count). The SMILES string of the molecule is O=C(c1cnns1)N1CCCC(O)C1. The maximum Gasteiger partial charge on any atom is 0.267 e. The summed E-state index contributed by atoms with van der Waals surface area (Å²) < 4.78 is 3.64. The smallest absolute Gasteiger partial charge is 0.267 e. The monoisotopic (exact) mass is 213 g/mol. The molecule has 2 heterocycles. The van der Waals surface area contributed by atoms with Crippen LogP contribution >= 0.6 is 11.5 Å². The number of aromatic nitrogens is 2. The Hall–Kier alpha value is -1.01. The van der Waals surface area contributed by atoms with Gasteiger partial charge in [0, 0.05) is 13.1 Å². The van der Waals surface area contributed by atoms with E-state index in [9.17, 15) is 9.90 Å². The number of piperidine rings is 1. The van der Waals surface area contributed by atoms with E-state index in [1.165, 1.54) is 6.20 Å². The first-order valence-corrected chi connectivity index (χ1v) is 5.29. The van der Waals surface area contributed by atoms with Gasteiger partial charge in [-0.15, -0.1) is 5.10 Å². The first-order valence-electron chi connectivity index (χ1n) is 4.52. The first kappa shape index (κ1) is 9.54. The minimum absolute atomic E-state index is 0.0706. The summed E-state index contributed by atoms with van der Waals surface area (Å²) >= 11 is 1.09. The summed E-state index contributed by atoms with van der Waals surface area (Å²) in [6.07, 6.45) is 2.73. The van der Waals surface area contributed by atoms with Gasteiger partial charge >= 0.3 is 0 Å². The molecular weight excluding hydrogens is 202 g/mol. The van der Waals surface area contributed by atoms with Crippen LogP contribution in [-0.2, 0) is 0 Å². The molecule has 1 aliphatic rings. The van der Waals surface area contributed by atoms with Crippen molar-refractivity contribution in [3.8, 4) is 0 Å². The van der Waals surface area contributed by atoms with E-state index >= 15 is 0 Å². The van der Waals surface area contributed by atoms with Crippen LogP contribution in [0, 0.1) is 0 Å². The van der Waals surface area contributed by atoms with Crippen molar-refractivity contribution in [1.82, 2.24) is 14.5 Å². The van der Waals surface area contributed by atoms with Gasteiger partial charge < -0.3 is 10.0 Å². The summed E-state index contributed by atoms with van der Waals surface area (Å²) in [5, 5.41) is 13.0. The summed E-state index contributed by atoms with van der Waals surface area (Å²) in [5.41, 5.74) is 0. The van der Waals surface area contributed by atoms with Crippen LogP contribution < -0.4 is 0 Å². The van der Waals surface area contributed by atoms with Crippen LogP contribution in [0.1, 0.15) is 22.5 Å². The number of carbonyl (C=O) groups is 1. The summed E-state index contributed by atoms with van der Waals surface area (Å²) in [4.78, 5) is 13.9. The fourth-order valence-electron chi connectivity index (χ4n) is 1.56. The van der Waals surface area contributed by atoms with Crippen molar-refractivity contribution in [1.29, 1.82) is 0 Å². The molecule has 0 saturated carbocycles. The van der Waals surface area contributed by atoms with Crippen LogP contribution in [-0.4, -0.2) is 44.7 Å². The molecule has 0 bridgehead atoms. The highest BCUT2D eigenvalue weighted by Gasteiger charge is 2.23. The molecule has 1 aromatic heterocycles. The summed E-state index contributed by atoms with van der Waals surface area (Å²) in [7, 11) is 0. The van der Waals surface area contributed by atoms with Gasteiger partial charge in [-0.2, -0.15) is 0 Å². The molecule has 1 fully saturated rings. The lowest BCUT2D eigenvalue weighted by Gasteiger charge is -2.29. The second-order valence-electron chi connectivity index (χ2n) is 3.33. The standard InChI is InChI=1S/C8H11N3O2S/c12-6-2-1-3-11(5-6)8(13)7-4-9-10-14-7/h4,6,12H,1-3,5H2. The Bertz CT molecular complexity index is 314. The summed E-state index contributed by atoms with van der Waals surface area (Å²) in [6.45, 7) is 1.14. The van der Waals surface area contributed by atoms with E-state index in [4.69, 9.17) is 0 Å². The molecule has 1 aromatic rings. The minimum Gasteiger partial charge on any atom is -0.391 e. The van der Waals surface area contributed by atoms with Crippen molar-refractivity contribution >= 4 is 17.4 Å². The van der Waals surface area contributed by atoms with Crippen molar-refractivity contribution in [3.63, 3.8) is 0 Å². The number of hydrogen-bond donors (Lipinski definition) is 1. The van der Waals surface area contributed by atoms with Crippen LogP contribution in [0.2, 0.25) is 0 Å². The molecule has 14 heavy (non-hydrogen) atoms. The van der Waals surface area contributed by atoms with Gasteiger partial charge in [0.1, 0.15) is 4.88 Å². The molecular formula is C8H11N3O2S. The van der Waals surface area contributed by atoms with Crippen LogP contribution in [0.5, 0.6) is 0 Å². The van der Waals surface area contributed by atoms with E-state index in [0.717, 1.165) is 24.4 Å². The fraction of sp³-hybridized carbons (Fsp3) is 0.625. The Kier molecular flexibility index (Phi) is 2.74. The van der Waals surface area contributed by atoms with E-state index in [0.29, 0.717) is 18.0 Å². The third-order valence-corrected chi connectivity index (χ3v) is 2.91. The number of likely N-dealkylation sites (tertiary alicyclic amines) is 1. The molecule has 0 radical (unpaired) electrons. The van der Waals surface area contributed by atoms with Crippen LogP contribution in [0.3, 0.4) is 0 Å². The molecule has 5 nitrogen and oxygen atoms in total. The van der Waals surface area contributed by atoms with Gasteiger partial charge in [-0.25, -0.2) is 0 Å². The molecule has 0 aromatic carbocycles. The van der Waals surface area contributed by atoms with E-state index in [1.807, 2.05) is 0 Å². The number of hydrogen-bond acceptors (Lipinski definition) is 5. The predicted octanol–water partition coefficient (Wildman–Crippen LogP) is 0.135. The van der Waals surface area contributed by atoms with Gasteiger partial charge in [0.25, 0.3) is 5.91 Å². The maximum atomic E-state index is 11.8. The summed E-state index contributed by atoms with van der Waals surface area (Å²) in [6, 6.07) is 0. The molecule has 1 saturated heterocycles. The zero-order valence-corrected chi connectivity index (χ0v) is 8.40. The zero-order chi connectivity index (χ0) is 9.97. The number of aliphatic hydroxyl groups is 1. The van der Waals surface area contributed by atoms with Crippen molar-refractivity contribution in [2.45, 2.75) is 18.9 Å². The third kappa shape index (κ3) is 1.91. The van der Waals surface area contributed by atoms with Crippen LogP contribution in [0.25, 0.3) is 0 Å². The largest absolute Gasteiger partial charge is 0.391 e. The van der Waals surface area contributed by atoms with Crippen molar-refractivity contribution in [2.75, 3.05) is 13.1 Å². The molecule has 1 atom stereocenters. The van der Waals surface area contributed by atoms with E-state index in [2.05, 4.69) is 9.59 Å². The molecule has 0 spiro atoms. The Balaban J connectivity index is 2.04. The Morgan fingerprint density at radius 3 is 3.21 bits per heavy atom. The van der Waals surface area contributed by atoms with Gasteiger partial charge in [0.2, 0.25) is 0 Å². The number of aliphatic hydroxyl groups excluding tert-OH is 1. The van der Waals surface area contributed by atoms with Crippen molar-refractivity contribution in [2.24, 2.45) is 0 Å². The molecule has 1 unspecified atom stereocenters. The molecule has 1 aliphatic heterocycles. The zero-order valence-electron chi connectivity index (χ0n) is 7.59. The van der Waals surface area contributed by atoms with E-state index in [1.54, 1.807) is 4.90 Å². The lowest BCUT2D eigenvalue weighted by Crippen LogP contribution is -2.41. The number of amides is 1. The number of carbonyl (C=O) groups excluding carboxylic acids is 1. The molecule has 1 N–H and O–H groups in total. The first-order chi connectivity index (χ1) is 6.77. The molecule has 6 heteroatoms. The highest BCUT2D eigenvalue weighted by molar-refractivity contribution is 7.07. The quantitative estimate of drug-likeness (QED) is 0.720. The van der Waals surface area contributed by atoms with Crippen LogP contribution in [0.4, 0.5) is 0 Å². The van der Waals surface area contributed by atoms with E-state index < -0.39 is 0 Å². The molecule has 0 aliphatic carbocycles. The topological polar surface area (TPSA) is 66.3 Å². The van der Waals surface area contributed by atoms with Gasteiger partial charge in [-0.3, -0.25) is 4.79 Å². The lowest BCUT2D eigenvalue weighted by molar-refractivity contribution is 0.0477. The second-order valence-corrected chi connectivity index (χ2v) is 4.11. The highest BCUT2D eigenvalue weighted by Crippen LogP contribution is 2.14. The number of β-amino-alcohol motifs (C(OH)–C–C–N with tert-alkyl or cyclic N) is 1. The average molecular weight is 213 g/mol.